The number of aromatic nitrogens is 3. The first-order valence-corrected chi connectivity index (χ1v) is 8.30. The van der Waals surface area contributed by atoms with Gasteiger partial charge in [0.05, 0.1) is 0 Å². The summed E-state index contributed by atoms with van der Waals surface area (Å²) in [6, 6.07) is 13.7. The third-order valence-corrected chi connectivity index (χ3v) is 4.12. The molecule has 6 heteroatoms. The molecular weight excluding hydrogens is 316 g/mol. The summed E-state index contributed by atoms with van der Waals surface area (Å²) < 4.78 is 13.8. The van der Waals surface area contributed by atoms with Crippen LogP contribution in [0.5, 0.6) is 11.5 Å². The number of benzene rings is 1. The Balaban J connectivity index is 1.41. The number of likely N-dealkylation sites (N-methyl/N-ethyl adjacent to an activating group) is 1. The number of fused-ring (bicyclic) bond motifs is 1. The molecule has 3 aromatic rings. The normalized spacial score (nSPS) is 16.2. The largest absolute Gasteiger partial charge is 0.486 e. The molecular formula is C19H20N4O2. The summed E-state index contributed by atoms with van der Waals surface area (Å²) in [4.78, 5) is 10.9. The maximum Gasteiger partial charge on any atom is 0.233 e. The summed E-state index contributed by atoms with van der Waals surface area (Å²) in [5.41, 5.74) is 1.13. The van der Waals surface area contributed by atoms with E-state index in [1.54, 1.807) is 12.4 Å². The second-order valence-electron chi connectivity index (χ2n) is 6.11. The van der Waals surface area contributed by atoms with Gasteiger partial charge in [-0.2, -0.15) is 0 Å². The summed E-state index contributed by atoms with van der Waals surface area (Å²) in [5, 5.41) is 0. The van der Waals surface area contributed by atoms with Crippen molar-refractivity contribution in [3.8, 4) is 17.4 Å². The molecule has 0 saturated carbocycles. The van der Waals surface area contributed by atoms with Crippen LogP contribution in [0.25, 0.3) is 5.95 Å². The van der Waals surface area contributed by atoms with Crippen LogP contribution >= 0.6 is 0 Å². The molecule has 25 heavy (non-hydrogen) atoms. The molecule has 0 radical (unpaired) electrons. The van der Waals surface area contributed by atoms with Crippen LogP contribution in [-0.4, -0.2) is 45.7 Å². The maximum absolute atomic E-state index is 6.04. The van der Waals surface area contributed by atoms with Gasteiger partial charge in [-0.3, -0.25) is 9.47 Å². The van der Waals surface area contributed by atoms with Crippen molar-refractivity contribution in [3.05, 3.63) is 66.7 Å². The fraction of sp³-hybridized carbons (Fsp3) is 0.263. The second kappa shape index (κ2) is 6.94. The maximum atomic E-state index is 6.04. The van der Waals surface area contributed by atoms with Gasteiger partial charge in [0.25, 0.3) is 0 Å². The van der Waals surface area contributed by atoms with Gasteiger partial charge in [-0.15, -0.1) is 0 Å². The molecule has 1 aliphatic rings. The zero-order chi connectivity index (χ0) is 17.1. The molecule has 0 unspecified atom stereocenters. The monoisotopic (exact) mass is 336 g/mol. The van der Waals surface area contributed by atoms with Crippen LogP contribution in [-0.2, 0) is 6.54 Å². The zero-order valence-electron chi connectivity index (χ0n) is 14.1. The molecule has 1 aliphatic heterocycles. The number of nitrogens with zero attached hydrogens (tertiary/aromatic N) is 4. The lowest BCUT2D eigenvalue weighted by molar-refractivity contribution is 0.0634. The molecule has 6 nitrogen and oxygen atoms in total. The topological polar surface area (TPSA) is 52.4 Å². The highest BCUT2D eigenvalue weighted by atomic mass is 16.6. The molecule has 0 amide bonds. The standard InChI is InChI=1S/C19H20N4O2/c1-22(13-16-14-24-17-7-2-3-8-18(17)25-16)12-15-6-4-11-23(15)19-20-9-5-10-21-19/h2-11,16H,12-14H2,1H3/t16-/m1/s1. The van der Waals surface area contributed by atoms with Crippen molar-refractivity contribution in [2.24, 2.45) is 0 Å². The molecule has 4 rings (SSSR count). The molecule has 1 atom stereocenters. The van der Waals surface area contributed by atoms with E-state index in [-0.39, 0.29) is 6.10 Å². The van der Waals surface area contributed by atoms with Gasteiger partial charge in [-0.05, 0) is 37.4 Å². The summed E-state index contributed by atoms with van der Waals surface area (Å²) in [6.07, 6.45) is 5.49. The van der Waals surface area contributed by atoms with Gasteiger partial charge in [-0.1, -0.05) is 12.1 Å². The van der Waals surface area contributed by atoms with Crippen molar-refractivity contribution in [2.45, 2.75) is 12.6 Å². The number of hydrogen-bond acceptors (Lipinski definition) is 5. The Hall–Kier alpha value is -2.86. The van der Waals surface area contributed by atoms with Gasteiger partial charge in [-0.25, -0.2) is 9.97 Å². The predicted molar refractivity (Wildman–Crippen MR) is 94.0 cm³/mol. The lowest BCUT2D eigenvalue weighted by Gasteiger charge is -2.29. The molecule has 3 heterocycles. The third-order valence-electron chi connectivity index (χ3n) is 4.12. The van der Waals surface area contributed by atoms with Gasteiger partial charge in [0, 0.05) is 37.4 Å². The van der Waals surface area contributed by atoms with E-state index in [0.29, 0.717) is 12.6 Å². The molecule has 2 aromatic heterocycles. The molecule has 0 bridgehead atoms. The van der Waals surface area contributed by atoms with Crippen molar-refractivity contribution in [2.75, 3.05) is 20.2 Å². The van der Waals surface area contributed by atoms with Crippen molar-refractivity contribution < 1.29 is 9.47 Å². The van der Waals surface area contributed by atoms with Gasteiger partial charge in [0.2, 0.25) is 5.95 Å². The quantitative estimate of drug-likeness (QED) is 0.717. The first kappa shape index (κ1) is 15.7. The first-order valence-electron chi connectivity index (χ1n) is 8.30. The molecule has 0 fully saturated rings. The highest BCUT2D eigenvalue weighted by molar-refractivity contribution is 5.40. The Morgan fingerprint density at radius 1 is 1.08 bits per heavy atom. The van der Waals surface area contributed by atoms with Gasteiger partial charge < -0.3 is 9.47 Å². The smallest absolute Gasteiger partial charge is 0.233 e. The van der Waals surface area contributed by atoms with E-state index in [0.717, 1.165) is 30.3 Å². The first-order chi connectivity index (χ1) is 12.3. The third kappa shape index (κ3) is 3.49. The highest BCUT2D eigenvalue weighted by Crippen LogP contribution is 2.31. The van der Waals surface area contributed by atoms with Gasteiger partial charge in [0.15, 0.2) is 11.5 Å². The highest BCUT2D eigenvalue weighted by Gasteiger charge is 2.22. The number of ether oxygens (including phenoxy) is 2. The summed E-state index contributed by atoms with van der Waals surface area (Å²) in [6.45, 7) is 2.10. The Morgan fingerprint density at radius 3 is 2.72 bits per heavy atom. The van der Waals surface area contributed by atoms with Crippen LogP contribution in [0.1, 0.15) is 5.69 Å². The van der Waals surface area contributed by atoms with Crippen LogP contribution < -0.4 is 9.47 Å². The molecule has 128 valence electrons. The summed E-state index contributed by atoms with van der Waals surface area (Å²) in [5.74, 6) is 2.31. The summed E-state index contributed by atoms with van der Waals surface area (Å²) in [7, 11) is 2.08. The van der Waals surface area contributed by atoms with Crippen LogP contribution in [0.2, 0.25) is 0 Å². The van der Waals surface area contributed by atoms with Crippen molar-refractivity contribution >= 4 is 0 Å². The molecule has 0 saturated heterocycles. The number of rotatable bonds is 5. The Bertz CT molecular complexity index is 834. The van der Waals surface area contributed by atoms with Gasteiger partial charge in [0.1, 0.15) is 12.7 Å². The second-order valence-corrected chi connectivity index (χ2v) is 6.11. The number of hydrogen-bond donors (Lipinski definition) is 0. The lowest BCUT2D eigenvalue weighted by atomic mass is 10.2. The predicted octanol–water partition coefficient (Wildman–Crippen LogP) is 2.54. The van der Waals surface area contributed by atoms with E-state index in [1.165, 1.54) is 0 Å². The van der Waals surface area contributed by atoms with Crippen LogP contribution in [0.15, 0.2) is 61.1 Å². The van der Waals surface area contributed by atoms with Crippen molar-refractivity contribution in [1.82, 2.24) is 19.4 Å². The van der Waals surface area contributed by atoms with E-state index in [9.17, 15) is 0 Å². The van der Waals surface area contributed by atoms with Crippen molar-refractivity contribution in [3.63, 3.8) is 0 Å². The fourth-order valence-electron chi connectivity index (χ4n) is 3.00. The van der Waals surface area contributed by atoms with Crippen molar-refractivity contribution in [1.29, 1.82) is 0 Å². The van der Waals surface area contributed by atoms with E-state index < -0.39 is 0 Å². The minimum Gasteiger partial charge on any atom is -0.486 e. The van der Waals surface area contributed by atoms with Crippen LogP contribution in [0.3, 0.4) is 0 Å². The molecule has 0 aliphatic carbocycles. The molecule has 1 aromatic carbocycles. The van der Waals surface area contributed by atoms with Crippen LogP contribution in [0.4, 0.5) is 0 Å². The summed E-state index contributed by atoms with van der Waals surface area (Å²) >= 11 is 0. The van der Waals surface area contributed by atoms with E-state index in [1.807, 2.05) is 47.2 Å². The Labute approximate surface area is 146 Å². The van der Waals surface area contributed by atoms with E-state index in [2.05, 4.69) is 28.0 Å². The Morgan fingerprint density at radius 2 is 1.88 bits per heavy atom. The minimum absolute atomic E-state index is 0.0105. The fourth-order valence-corrected chi connectivity index (χ4v) is 3.00. The van der Waals surface area contributed by atoms with E-state index in [4.69, 9.17) is 9.47 Å². The molecule has 0 spiro atoms. The van der Waals surface area contributed by atoms with Crippen LogP contribution in [0, 0.1) is 0 Å². The molecule has 0 N–H and O–H groups in total. The average Bonchev–Trinajstić information content (AvgIpc) is 3.10. The number of para-hydroxylation sites is 2. The Kier molecular flexibility index (Phi) is 4.35. The SMILES string of the molecule is CN(Cc1cccn1-c1ncccn1)C[C@@H]1COc2ccccc2O1. The zero-order valence-corrected chi connectivity index (χ0v) is 14.1. The van der Waals surface area contributed by atoms with E-state index >= 15 is 0 Å². The minimum atomic E-state index is 0.0105. The van der Waals surface area contributed by atoms with Gasteiger partial charge >= 0.3 is 0 Å². The average molecular weight is 336 g/mol. The lowest BCUT2D eigenvalue weighted by Crippen LogP contribution is -2.39.